The Morgan fingerprint density at radius 2 is 1.03 bits per heavy atom. The summed E-state index contributed by atoms with van der Waals surface area (Å²) in [6.45, 7) is 8.93. The van der Waals surface area contributed by atoms with Gasteiger partial charge in [-0.15, -0.1) is 0 Å². The zero-order valence-corrected chi connectivity index (χ0v) is 23.5. The van der Waals surface area contributed by atoms with Gasteiger partial charge in [0.1, 0.15) is 0 Å². The Balaban J connectivity index is 1.94. The van der Waals surface area contributed by atoms with Crippen molar-refractivity contribution in [1.82, 2.24) is 0 Å². The first-order valence-corrected chi connectivity index (χ1v) is 14.8. The average molecular weight is 509 g/mol. The largest absolute Gasteiger partial charge is 0.394 e. The number of hydrogen-bond donors (Lipinski definition) is 1. The predicted octanol–water partition coefficient (Wildman–Crippen LogP) is 7.44. The fraction of sp³-hybridized carbons (Fsp3) is 0.806. The van der Waals surface area contributed by atoms with Gasteiger partial charge in [-0.25, -0.2) is 0 Å². The second-order valence-electron chi connectivity index (χ2n) is 9.93. The minimum absolute atomic E-state index is 0.0475. The summed E-state index contributed by atoms with van der Waals surface area (Å²) in [4.78, 5) is 0. The number of unbranched alkanes of at least 4 members (excludes halogenated alkanes) is 11. The molecule has 0 spiro atoms. The van der Waals surface area contributed by atoms with E-state index in [1.807, 2.05) is 0 Å². The molecule has 0 radical (unpaired) electrons. The molecule has 0 bridgehead atoms. The van der Waals surface area contributed by atoms with Crippen LogP contribution >= 0.6 is 0 Å². The maximum atomic E-state index is 8.60. The molecule has 0 saturated heterocycles. The fourth-order valence-electron chi connectivity index (χ4n) is 4.31. The number of rotatable bonds is 27. The van der Waals surface area contributed by atoms with Crippen LogP contribution in [0.2, 0.25) is 0 Å². The zero-order valence-electron chi connectivity index (χ0n) is 23.5. The van der Waals surface area contributed by atoms with E-state index in [0.717, 1.165) is 0 Å². The van der Waals surface area contributed by atoms with Gasteiger partial charge >= 0.3 is 0 Å². The van der Waals surface area contributed by atoms with Gasteiger partial charge in [0, 0.05) is 0 Å². The van der Waals surface area contributed by atoms with Gasteiger partial charge in [-0.05, 0) is 23.5 Å². The van der Waals surface area contributed by atoms with Crippen molar-refractivity contribution in [2.24, 2.45) is 0 Å². The summed E-state index contributed by atoms with van der Waals surface area (Å²) in [6.07, 6.45) is 18.2. The summed E-state index contributed by atoms with van der Waals surface area (Å²) >= 11 is 0. The molecule has 0 saturated carbocycles. The lowest BCUT2D eigenvalue weighted by molar-refractivity contribution is -0.00743. The maximum Gasteiger partial charge on any atom is 0.0718 e. The molecule has 1 N–H and O–H groups in total. The topological polar surface area (TPSA) is 57.2 Å². The monoisotopic (exact) mass is 508 g/mol. The molecular formula is C31H56O5. The molecule has 210 valence electrons. The van der Waals surface area contributed by atoms with E-state index in [1.54, 1.807) is 0 Å². The lowest BCUT2D eigenvalue weighted by Gasteiger charge is -2.13. The third-order valence-corrected chi connectivity index (χ3v) is 6.66. The van der Waals surface area contributed by atoms with E-state index >= 15 is 0 Å². The van der Waals surface area contributed by atoms with E-state index in [9.17, 15) is 0 Å². The number of ether oxygens (including phenoxy) is 4. The van der Waals surface area contributed by atoms with Crippen LogP contribution in [-0.2, 0) is 25.6 Å². The van der Waals surface area contributed by atoms with E-state index in [4.69, 9.17) is 24.1 Å². The average Bonchev–Trinajstić information content (AvgIpc) is 2.90. The van der Waals surface area contributed by atoms with Crippen LogP contribution in [0.1, 0.15) is 114 Å². The van der Waals surface area contributed by atoms with Crippen LogP contribution in [0.3, 0.4) is 0 Å². The summed E-state index contributed by atoms with van der Waals surface area (Å²) in [5.41, 5.74) is 2.65. The number of benzene rings is 1. The molecule has 1 aromatic rings. The van der Waals surface area contributed by atoms with E-state index in [0.29, 0.717) is 58.8 Å². The zero-order chi connectivity index (χ0) is 25.9. The molecule has 1 rings (SSSR count). The Morgan fingerprint density at radius 3 is 1.53 bits per heavy atom. The Bertz CT molecular complexity index is 563. The Kier molecular flexibility index (Phi) is 23.6. The molecule has 5 nitrogen and oxygen atoms in total. The second kappa shape index (κ2) is 25.7. The maximum absolute atomic E-state index is 8.60. The first kappa shape index (κ1) is 33.0. The Hall–Kier alpha value is -0.980. The van der Waals surface area contributed by atoms with Crippen molar-refractivity contribution in [1.29, 1.82) is 0 Å². The highest BCUT2D eigenvalue weighted by Crippen LogP contribution is 2.23. The lowest BCUT2D eigenvalue weighted by Crippen LogP contribution is -2.12. The minimum atomic E-state index is 0.0475. The van der Waals surface area contributed by atoms with Crippen LogP contribution in [0.4, 0.5) is 0 Å². The first-order chi connectivity index (χ1) is 17.8. The van der Waals surface area contributed by atoms with E-state index < -0.39 is 0 Å². The quantitative estimate of drug-likeness (QED) is 0.125. The summed E-state index contributed by atoms with van der Waals surface area (Å²) in [7, 11) is 0. The molecule has 5 heteroatoms. The van der Waals surface area contributed by atoms with Crippen molar-refractivity contribution in [3.05, 3.63) is 35.4 Å². The molecule has 0 amide bonds. The number of hydrogen-bond acceptors (Lipinski definition) is 5. The van der Waals surface area contributed by atoms with Gasteiger partial charge in [-0.2, -0.15) is 0 Å². The van der Waals surface area contributed by atoms with Crippen LogP contribution in [0, 0.1) is 0 Å². The van der Waals surface area contributed by atoms with Gasteiger partial charge in [-0.3, -0.25) is 0 Å². The molecule has 0 aromatic heterocycles. The Labute approximate surface area is 222 Å². The third-order valence-electron chi connectivity index (χ3n) is 6.66. The van der Waals surface area contributed by atoms with Crippen LogP contribution in [0.25, 0.3) is 0 Å². The van der Waals surface area contributed by atoms with Gasteiger partial charge in [0.05, 0.1) is 59.5 Å². The molecule has 36 heavy (non-hydrogen) atoms. The van der Waals surface area contributed by atoms with Crippen LogP contribution in [-0.4, -0.2) is 58.0 Å². The highest BCUT2D eigenvalue weighted by atomic mass is 16.6. The summed E-state index contributed by atoms with van der Waals surface area (Å²) in [5, 5.41) is 8.60. The number of aliphatic hydroxyl groups excluding tert-OH is 1. The second-order valence-corrected chi connectivity index (χ2v) is 9.93. The molecule has 0 aliphatic rings. The summed E-state index contributed by atoms with van der Waals surface area (Å²) < 4.78 is 21.7. The van der Waals surface area contributed by atoms with Crippen molar-refractivity contribution in [3.8, 4) is 0 Å². The predicted molar refractivity (Wildman–Crippen MR) is 150 cm³/mol. The van der Waals surface area contributed by atoms with Crippen LogP contribution in [0.5, 0.6) is 0 Å². The van der Waals surface area contributed by atoms with Gasteiger partial charge in [-0.1, -0.05) is 115 Å². The molecule has 1 atom stereocenters. The molecule has 0 aliphatic carbocycles. The number of aliphatic hydroxyl groups is 1. The lowest BCUT2D eigenvalue weighted by atomic mass is 9.94. The molecule has 1 unspecified atom stereocenters. The molecule has 0 heterocycles. The fourth-order valence-corrected chi connectivity index (χ4v) is 4.31. The van der Waals surface area contributed by atoms with Gasteiger partial charge in [0.2, 0.25) is 0 Å². The van der Waals surface area contributed by atoms with E-state index in [-0.39, 0.29) is 6.61 Å². The van der Waals surface area contributed by atoms with Crippen molar-refractivity contribution < 1.29 is 24.1 Å². The molecule has 1 aromatic carbocycles. The van der Waals surface area contributed by atoms with Crippen LogP contribution in [0.15, 0.2) is 24.3 Å². The minimum Gasteiger partial charge on any atom is -0.394 e. The molecule has 0 aliphatic heterocycles. The van der Waals surface area contributed by atoms with Gasteiger partial charge in [0.25, 0.3) is 0 Å². The molecule has 0 fully saturated rings. The van der Waals surface area contributed by atoms with E-state index in [2.05, 4.69) is 38.1 Å². The van der Waals surface area contributed by atoms with Crippen molar-refractivity contribution in [2.45, 2.75) is 110 Å². The van der Waals surface area contributed by atoms with Crippen molar-refractivity contribution in [3.63, 3.8) is 0 Å². The summed E-state index contributed by atoms with van der Waals surface area (Å²) in [6, 6.07) is 8.92. The van der Waals surface area contributed by atoms with Gasteiger partial charge in [0.15, 0.2) is 0 Å². The van der Waals surface area contributed by atoms with Crippen molar-refractivity contribution >= 4 is 0 Å². The molecular weight excluding hydrogens is 452 g/mol. The normalized spacial score (nSPS) is 12.3. The Morgan fingerprint density at radius 1 is 0.583 bits per heavy atom. The van der Waals surface area contributed by atoms with Crippen molar-refractivity contribution in [2.75, 3.05) is 52.9 Å². The summed E-state index contributed by atoms with van der Waals surface area (Å²) in [5.74, 6) is 0.625. The standard InChI is InChI=1S/C31H56O5/c1-3-4-5-6-7-8-9-10-11-12-13-14-15-29(2)31-18-16-30(17-19-31)28-36-27-26-35-25-24-34-23-22-33-21-20-32/h16-19,29,32H,3-15,20-28H2,1-2H3. The third kappa shape index (κ3) is 20.1. The highest BCUT2D eigenvalue weighted by molar-refractivity contribution is 5.24. The highest BCUT2D eigenvalue weighted by Gasteiger charge is 2.06. The SMILES string of the molecule is CCCCCCCCCCCCCCC(C)c1ccc(COCCOCCOCCOCCO)cc1. The van der Waals surface area contributed by atoms with Crippen LogP contribution < -0.4 is 0 Å². The smallest absolute Gasteiger partial charge is 0.0718 e. The van der Waals surface area contributed by atoms with Gasteiger partial charge < -0.3 is 24.1 Å². The van der Waals surface area contributed by atoms with E-state index in [1.165, 1.54) is 94.6 Å². The first-order valence-electron chi connectivity index (χ1n) is 14.8.